The van der Waals surface area contributed by atoms with E-state index in [1.165, 1.54) is 302 Å². The monoisotopic (exact) mass is 1140 g/mol. The first-order valence-corrected chi connectivity index (χ1v) is 36.4. The fraction of sp³-hybridized carbons (Fsp3) is 0.942. The van der Waals surface area contributed by atoms with E-state index in [1.54, 1.807) is 0 Å². The van der Waals surface area contributed by atoms with Crippen molar-refractivity contribution < 1.29 is 42.1 Å². The van der Waals surface area contributed by atoms with Gasteiger partial charge in [0.15, 0.2) is 6.10 Å². The Morgan fingerprint density at radius 3 is 0.937 bits per heavy atom. The molecule has 0 saturated carbocycles. The van der Waals surface area contributed by atoms with E-state index in [0.717, 1.165) is 38.5 Å². The van der Waals surface area contributed by atoms with Gasteiger partial charge in [0.25, 0.3) is 0 Å². The van der Waals surface area contributed by atoms with E-state index in [2.05, 4.69) is 26.0 Å². The highest BCUT2D eigenvalue weighted by Gasteiger charge is 2.27. The Kier molecular flexibility index (Phi) is 60.3. The third kappa shape index (κ3) is 65.8. The average molecular weight is 1140 g/mol. The molecule has 79 heavy (non-hydrogen) atoms. The summed E-state index contributed by atoms with van der Waals surface area (Å²) in [5, 5.41) is 0. The normalized spacial score (nSPS) is 13.1. The van der Waals surface area contributed by atoms with Gasteiger partial charge in [0.2, 0.25) is 0 Å². The van der Waals surface area contributed by atoms with Gasteiger partial charge in [-0.3, -0.25) is 18.6 Å². The zero-order valence-electron chi connectivity index (χ0n) is 53.7. The summed E-state index contributed by atoms with van der Waals surface area (Å²) in [5.41, 5.74) is 0. The molecule has 0 aliphatic rings. The maximum atomic E-state index is 12.8. The van der Waals surface area contributed by atoms with Gasteiger partial charge in [0, 0.05) is 12.8 Å². The Morgan fingerprint density at radius 1 is 0.380 bits per heavy atom. The molecule has 2 unspecified atom stereocenters. The van der Waals surface area contributed by atoms with Crippen LogP contribution in [0.25, 0.3) is 0 Å². The first kappa shape index (κ1) is 77.8. The van der Waals surface area contributed by atoms with Crippen molar-refractivity contribution in [3.8, 4) is 0 Å². The molecule has 0 aliphatic heterocycles. The van der Waals surface area contributed by atoms with Crippen molar-refractivity contribution in [2.45, 2.75) is 373 Å². The molecule has 0 rings (SSSR count). The van der Waals surface area contributed by atoms with Crippen LogP contribution in [0.2, 0.25) is 0 Å². The molecule has 0 saturated heterocycles. The Labute approximate surface area is 492 Å². The molecular weight excluding hydrogens is 1000 g/mol. The van der Waals surface area contributed by atoms with Gasteiger partial charge in [-0.05, 0) is 38.5 Å². The topological polar surface area (TPSA) is 108 Å². The number of quaternary nitrogens is 1. The van der Waals surface area contributed by atoms with Crippen molar-refractivity contribution in [3.63, 3.8) is 0 Å². The van der Waals surface area contributed by atoms with Crippen LogP contribution in [0.1, 0.15) is 367 Å². The second-order valence-corrected chi connectivity index (χ2v) is 26.7. The molecule has 2 atom stereocenters. The molecule has 0 fully saturated rings. The largest absolute Gasteiger partial charge is 0.472 e. The average Bonchev–Trinajstić information content (AvgIpc) is 3.41. The number of phosphoric acid groups is 1. The fourth-order valence-electron chi connectivity index (χ4n) is 10.7. The highest BCUT2D eigenvalue weighted by molar-refractivity contribution is 7.47. The third-order valence-corrected chi connectivity index (χ3v) is 17.0. The lowest BCUT2D eigenvalue weighted by atomic mass is 10.0. The minimum absolute atomic E-state index is 0.0368. The summed E-state index contributed by atoms with van der Waals surface area (Å²) in [4.78, 5) is 35.8. The number of unbranched alkanes of at least 4 members (excludes halogenated alkanes) is 50. The van der Waals surface area contributed by atoms with Gasteiger partial charge in [-0.1, -0.05) is 328 Å². The van der Waals surface area contributed by atoms with E-state index < -0.39 is 26.5 Å². The van der Waals surface area contributed by atoms with E-state index in [-0.39, 0.29) is 25.6 Å². The van der Waals surface area contributed by atoms with Crippen molar-refractivity contribution >= 4 is 19.8 Å². The number of hydrogen-bond acceptors (Lipinski definition) is 7. The smallest absolute Gasteiger partial charge is 0.462 e. The van der Waals surface area contributed by atoms with Crippen LogP contribution in [0.5, 0.6) is 0 Å². The van der Waals surface area contributed by atoms with Gasteiger partial charge in [0.1, 0.15) is 19.8 Å². The molecule has 0 aromatic rings. The Bertz CT molecular complexity index is 1340. The number of carbonyl (C=O) groups excluding carboxylic acids is 2. The number of nitrogens with zero attached hydrogens (tertiary/aromatic N) is 1. The minimum atomic E-state index is -4.38. The number of likely N-dealkylation sites (N-methyl/N-ethyl adjacent to an activating group) is 1. The van der Waals surface area contributed by atoms with Crippen LogP contribution in [-0.2, 0) is 32.7 Å². The van der Waals surface area contributed by atoms with E-state index >= 15 is 0 Å². The van der Waals surface area contributed by atoms with Crippen LogP contribution in [0.15, 0.2) is 12.2 Å². The second-order valence-electron chi connectivity index (χ2n) is 25.3. The maximum Gasteiger partial charge on any atom is 0.472 e. The van der Waals surface area contributed by atoms with Gasteiger partial charge in [-0.25, -0.2) is 4.57 Å². The van der Waals surface area contributed by atoms with Crippen LogP contribution in [0.3, 0.4) is 0 Å². The van der Waals surface area contributed by atoms with Crippen molar-refractivity contribution in [2.75, 3.05) is 47.5 Å². The number of allylic oxidation sites excluding steroid dienone is 2. The standard InChI is InChI=1S/C69H136NO8P/c1-6-8-10-12-14-16-18-20-22-24-25-26-27-28-29-30-31-32-33-34-35-36-37-38-39-40-41-42-43-44-45-46-48-50-52-54-56-58-60-62-69(72)78-67(66-77-79(73,74)76-64-63-70(3,4)5)65-75-68(71)61-59-57-55-53-51-49-47-23-21-19-17-15-13-11-9-7-2/h24-25,67H,6-23,26-66H2,1-5H3/p+1/b25-24-. The van der Waals surface area contributed by atoms with Crippen LogP contribution >= 0.6 is 7.82 Å². The summed E-state index contributed by atoms with van der Waals surface area (Å²) < 4.78 is 34.7. The van der Waals surface area contributed by atoms with Crippen LogP contribution in [0.4, 0.5) is 0 Å². The molecular formula is C69H137NO8P+. The van der Waals surface area contributed by atoms with Gasteiger partial charge in [-0.15, -0.1) is 0 Å². The third-order valence-electron chi connectivity index (χ3n) is 16.0. The first-order valence-electron chi connectivity index (χ1n) is 34.9. The summed E-state index contributed by atoms with van der Waals surface area (Å²) in [7, 11) is 1.50. The minimum Gasteiger partial charge on any atom is -0.462 e. The fourth-order valence-corrected chi connectivity index (χ4v) is 11.4. The summed E-state index contributed by atoms with van der Waals surface area (Å²) in [5.74, 6) is -0.773. The van der Waals surface area contributed by atoms with E-state index in [0.29, 0.717) is 17.4 Å². The number of rotatable bonds is 66. The Balaban J connectivity index is 3.85. The number of phosphoric ester groups is 1. The van der Waals surface area contributed by atoms with E-state index in [1.807, 2.05) is 21.1 Å². The second kappa shape index (κ2) is 61.3. The van der Waals surface area contributed by atoms with Crippen molar-refractivity contribution in [1.29, 1.82) is 0 Å². The molecule has 1 N–H and O–H groups in total. The highest BCUT2D eigenvalue weighted by atomic mass is 31.2. The van der Waals surface area contributed by atoms with Crippen LogP contribution < -0.4 is 0 Å². The molecule has 470 valence electrons. The Hall–Kier alpha value is -1.25. The molecule has 0 aromatic heterocycles. The zero-order valence-corrected chi connectivity index (χ0v) is 54.5. The van der Waals surface area contributed by atoms with Gasteiger partial charge >= 0.3 is 19.8 Å². The molecule has 0 amide bonds. The lowest BCUT2D eigenvalue weighted by molar-refractivity contribution is -0.870. The SMILES string of the molecule is CCCCCCCCCC/C=C\CCCCCCCCCCCCCCCCCCCCCCCCCCCCCC(=O)OC(COC(=O)CCCCCCCCCCCCCCCCCC)COP(=O)(O)OCC[N+](C)(C)C. The zero-order chi connectivity index (χ0) is 57.7. The summed E-state index contributed by atoms with van der Waals surface area (Å²) in [6.45, 7) is 4.51. The van der Waals surface area contributed by atoms with Crippen molar-refractivity contribution in [1.82, 2.24) is 0 Å². The maximum absolute atomic E-state index is 12.8. The molecule has 0 aliphatic carbocycles. The summed E-state index contributed by atoms with van der Waals surface area (Å²) in [6, 6.07) is 0. The predicted octanol–water partition coefficient (Wildman–Crippen LogP) is 22.3. The van der Waals surface area contributed by atoms with Crippen LogP contribution in [-0.4, -0.2) is 74.9 Å². The number of esters is 2. The first-order chi connectivity index (χ1) is 38.5. The lowest BCUT2D eigenvalue weighted by Gasteiger charge is -2.24. The number of ether oxygens (including phenoxy) is 2. The molecule has 9 nitrogen and oxygen atoms in total. The van der Waals surface area contributed by atoms with Crippen molar-refractivity contribution in [2.24, 2.45) is 0 Å². The number of carbonyl (C=O) groups is 2. The van der Waals surface area contributed by atoms with Gasteiger partial charge in [-0.2, -0.15) is 0 Å². The summed E-state index contributed by atoms with van der Waals surface area (Å²) >= 11 is 0. The lowest BCUT2D eigenvalue weighted by Crippen LogP contribution is -2.37. The van der Waals surface area contributed by atoms with E-state index in [4.69, 9.17) is 18.5 Å². The van der Waals surface area contributed by atoms with Gasteiger partial charge < -0.3 is 18.9 Å². The molecule has 0 radical (unpaired) electrons. The molecule has 0 heterocycles. The molecule has 0 spiro atoms. The highest BCUT2D eigenvalue weighted by Crippen LogP contribution is 2.43. The predicted molar refractivity (Wildman–Crippen MR) is 340 cm³/mol. The van der Waals surface area contributed by atoms with Crippen molar-refractivity contribution in [3.05, 3.63) is 12.2 Å². The quantitative estimate of drug-likeness (QED) is 0.0211. The Morgan fingerprint density at radius 2 is 0.646 bits per heavy atom. The number of hydrogen-bond donors (Lipinski definition) is 1. The van der Waals surface area contributed by atoms with Crippen LogP contribution in [0, 0.1) is 0 Å². The van der Waals surface area contributed by atoms with E-state index in [9.17, 15) is 19.0 Å². The molecule has 0 aromatic carbocycles. The molecule has 0 bridgehead atoms. The van der Waals surface area contributed by atoms with Gasteiger partial charge in [0.05, 0.1) is 27.7 Å². The molecule has 10 heteroatoms. The summed E-state index contributed by atoms with van der Waals surface area (Å²) in [6.07, 6.45) is 74.8.